The second-order valence-electron chi connectivity index (χ2n) is 9.38. The molecule has 1 atom stereocenters. The summed E-state index contributed by atoms with van der Waals surface area (Å²) in [6.07, 6.45) is 4.52. The van der Waals surface area contributed by atoms with Crippen LogP contribution in [0.5, 0.6) is 5.75 Å². The zero-order chi connectivity index (χ0) is 24.8. The third kappa shape index (κ3) is 5.90. The lowest BCUT2D eigenvalue weighted by molar-refractivity contribution is -0.144. The molecular formula is C28H35N3O4. The van der Waals surface area contributed by atoms with E-state index in [4.69, 9.17) is 14.6 Å². The predicted molar refractivity (Wildman–Crippen MR) is 135 cm³/mol. The van der Waals surface area contributed by atoms with Gasteiger partial charge < -0.3 is 14.4 Å². The van der Waals surface area contributed by atoms with Gasteiger partial charge in [0.05, 0.1) is 25.5 Å². The van der Waals surface area contributed by atoms with Crippen LogP contribution in [0.4, 0.5) is 0 Å². The predicted octanol–water partition coefficient (Wildman–Crippen LogP) is 4.35. The maximum Gasteiger partial charge on any atom is 0.262 e. The fourth-order valence-corrected chi connectivity index (χ4v) is 4.90. The molecule has 4 rings (SSSR count). The highest BCUT2D eigenvalue weighted by atomic mass is 16.5. The number of hydrazone groups is 1. The summed E-state index contributed by atoms with van der Waals surface area (Å²) in [4.78, 5) is 28.5. The Balaban J connectivity index is 1.60. The summed E-state index contributed by atoms with van der Waals surface area (Å²) >= 11 is 0. The maximum atomic E-state index is 13.6. The van der Waals surface area contributed by atoms with Gasteiger partial charge in [-0.1, -0.05) is 54.8 Å². The van der Waals surface area contributed by atoms with Gasteiger partial charge in [-0.3, -0.25) is 9.59 Å². The van der Waals surface area contributed by atoms with Crippen molar-refractivity contribution in [3.8, 4) is 5.75 Å². The molecular weight excluding hydrogens is 442 g/mol. The maximum absolute atomic E-state index is 13.6. The Labute approximate surface area is 207 Å². The number of carbonyl (C=O) groups excluding carboxylic acids is 2. The van der Waals surface area contributed by atoms with Gasteiger partial charge in [-0.15, -0.1) is 0 Å². The average Bonchev–Trinajstić information content (AvgIpc) is 3.57. The van der Waals surface area contributed by atoms with E-state index >= 15 is 0 Å². The van der Waals surface area contributed by atoms with Gasteiger partial charge in [-0.25, -0.2) is 5.01 Å². The molecule has 2 aromatic rings. The molecule has 35 heavy (non-hydrogen) atoms. The minimum absolute atomic E-state index is 0.00183. The zero-order valence-electron chi connectivity index (χ0n) is 20.9. The van der Waals surface area contributed by atoms with Crippen molar-refractivity contribution in [2.24, 2.45) is 11.0 Å². The summed E-state index contributed by atoms with van der Waals surface area (Å²) in [6, 6.07) is 15.7. The Kier molecular flexibility index (Phi) is 8.18. The molecule has 0 spiro atoms. The SMILES string of the molecule is COCCN(CC(=O)N1N=C(c2cccc(OC)c2)C[C@H]1c1ccc(C)cc1)C(=O)C1CCCC1. The van der Waals surface area contributed by atoms with Crippen LogP contribution in [0.3, 0.4) is 0 Å². The molecule has 1 heterocycles. The van der Waals surface area contributed by atoms with Crippen LogP contribution in [0, 0.1) is 12.8 Å². The van der Waals surface area contributed by atoms with E-state index in [1.807, 2.05) is 31.2 Å². The Morgan fingerprint density at radius 1 is 1.09 bits per heavy atom. The van der Waals surface area contributed by atoms with E-state index in [9.17, 15) is 9.59 Å². The average molecular weight is 478 g/mol. The molecule has 0 N–H and O–H groups in total. The molecule has 0 radical (unpaired) electrons. The number of ether oxygens (including phenoxy) is 2. The fourth-order valence-electron chi connectivity index (χ4n) is 4.90. The van der Waals surface area contributed by atoms with Crippen molar-refractivity contribution in [2.45, 2.75) is 45.1 Å². The molecule has 1 fully saturated rings. The molecule has 186 valence electrons. The molecule has 0 unspecified atom stereocenters. The molecule has 7 heteroatoms. The molecule has 2 amide bonds. The first kappa shape index (κ1) is 24.9. The van der Waals surface area contributed by atoms with E-state index in [-0.39, 0.29) is 30.3 Å². The number of hydrogen-bond donors (Lipinski definition) is 0. The van der Waals surface area contributed by atoms with Crippen molar-refractivity contribution >= 4 is 17.5 Å². The third-order valence-electron chi connectivity index (χ3n) is 6.94. The van der Waals surface area contributed by atoms with Gasteiger partial charge in [0.15, 0.2) is 0 Å². The molecule has 7 nitrogen and oxygen atoms in total. The van der Waals surface area contributed by atoms with Crippen LogP contribution in [0.25, 0.3) is 0 Å². The number of benzene rings is 2. The monoisotopic (exact) mass is 477 g/mol. The van der Waals surface area contributed by atoms with Crippen LogP contribution in [0.1, 0.15) is 54.8 Å². The highest BCUT2D eigenvalue weighted by Gasteiger charge is 2.35. The van der Waals surface area contributed by atoms with Gasteiger partial charge in [0.25, 0.3) is 5.91 Å². The number of rotatable bonds is 9. The van der Waals surface area contributed by atoms with Crippen molar-refractivity contribution in [2.75, 3.05) is 33.9 Å². The molecule has 0 aromatic heterocycles. The van der Waals surface area contributed by atoms with Crippen LogP contribution in [0.2, 0.25) is 0 Å². The number of hydrogen-bond acceptors (Lipinski definition) is 5. The van der Waals surface area contributed by atoms with Gasteiger partial charge in [-0.05, 0) is 37.5 Å². The second-order valence-corrected chi connectivity index (χ2v) is 9.38. The Hall–Kier alpha value is -3.19. The standard InChI is InChI=1S/C28H35N3O4/c1-20-11-13-21(14-12-20)26-18-25(23-9-6-10-24(17-23)35-3)29-31(26)27(32)19-30(15-16-34-2)28(33)22-7-4-5-8-22/h6,9-14,17,22,26H,4-5,7-8,15-16,18-19H2,1-3H3/t26-/m0/s1. The van der Waals surface area contributed by atoms with Gasteiger partial charge in [0, 0.05) is 31.6 Å². The van der Waals surface area contributed by atoms with Crippen molar-refractivity contribution in [1.82, 2.24) is 9.91 Å². The molecule has 2 aliphatic rings. The summed E-state index contributed by atoms with van der Waals surface area (Å²) in [6.45, 7) is 2.83. The van der Waals surface area contributed by atoms with Crippen molar-refractivity contribution in [1.29, 1.82) is 0 Å². The van der Waals surface area contributed by atoms with E-state index in [2.05, 4.69) is 24.3 Å². The van der Waals surface area contributed by atoms with E-state index < -0.39 is 0 Å². The normalized spacial score (nSPS) is 18.0. The van der Waals surface area contributed by atoms with E-state index in [1.54, 1.807) is 24.1 Å². The molecule has 0 saturated heterocycles. The number of carbonyl (C=O) groups is 2. The van der Waals surface area contributed by atoms with Crippen LogP contribution >= 0.6 is 0 Å². The minimum atomic E-state index is -0.227. The van der Waals surface area contributed by atoms with Gasteiger partial charge in [0.2, 0.25) is 5.91 Å². The lowest BCUT2D eigenvalue weighted by atomic mass is 9.97. The summed E-state index contributed by atoms with van der Waals surface area (Å²) in [7, 11) is 3.25. The first-order chi connectivity index (χ1) is 17.0. The molecule has 0 bridgehead atoms. The van der Waals surface area contributed by atoms with E-state index in [1.165, 1.54) is 0 Å². The van der Waals surface area contributed by atoms with Gasteiger partial charge >= 0.3 is 0 Å². The smallest absolute Gasteiger partial charge is 0.262 e. The zero-order valence-corrected chi connectivity index (χ0v) is 20.9. The van der Waals surface area contributed by atoms with Gasteiger partial charge in [-0.2, -0.15) is 5.10 Å². The van der Waals surface area contributed by atoms with Crippen LogP contribution in [-0.4, -0.2) is 61.4 Å². The highest BCUT2D eigenvalue weighted by Crippen LogP contribution is 2.34. The van der Waals surface area contributed by atoms with E-state index in [0.29, 0.717) is 19.6 Å². The van der Waals surface area contributed by atoms with Gasteiger partial charge in [0.1, 0.15) is 12.3 Å². The Morgan fingerprint density at radius 3 is 2.51 bits per heavy atom. The lowest BCUT2D eigenvalue weighted by Crippen LogP contribution is -2.44. The lowest BCUT2D eigenvalue weighted by Gasteiger charge is -2.28. The topological polar surface area (TPSA) is 71.4 Å². The third-order valence-corrected chi connectivity index (χ3v) is 6.94. The number of amides is 2. The molecule has 1 saturated carbocycles. The van der Waals surface area contributed by atoms with E-state index in [0.717, 1.165) is 53.8 Å². The highest BCUT2D eigenvalue weighted by molar-refractivity contribution is 6.03. The Morgan fingerprint density at radius 2 is 1.83 bits per heavy atom. The second kappa shape index (κ2) is 11.5. The largest absolute Gasteiger partial charge is 0.497 e. The van der Waals surface area contributed by atoms with Crippen molar-refractivity contribution in [3.05, 3.63) is 65.2 Å². The molecule has 1 aliphatic heterocycles. The summed E-state index contributed by atoms with van der Waals surface area (Å²) in [5, 5.41) is 6.35. The number of nitrogens with zero attached hydrogens (tertiary/aromatic N) is 3. The first-order valence-electron chi connectivity index (χ1n) is 12.4. The number of aryl methyl sites for hydroxylation is 1. The fraction of sp³-hybridized carbons (Fsp3) is 0.464. The van der Waals surface area contributed by atoms with Crippen molar-refractivity contribution in [3.63, 3.8) is 0 Å². The van der Waals surface area contributed by atoms with Crippen LogP contribution in [-0.2, 0) is 14.3 Å². The summed E-state index contributed by atoms with van der Waals surface area (Å²) in [5.74, 6) is 0.614. The number of methoxy groups -OCH3 is 2. The van der Waals surface area contributed by atoms with Crippen LogP contribution in [0.15, 0.2) is 53.6 Å². The Bertz CT molecular complexity index is 1060. The molecule has 1 aliphatic carbocycles. The van der Waals surface area contributed by atoms with Crippen molar-refractivity contribution < 1.29 is 19.1 Å². The van der Waals surface area contributed by atoms with Crippen LogP contribution < -0.4 is 4.74 Å². The quantitative estimate of drug-likeness (QED) is 0.539. The molecule has 2 aromatic carbocycles. The minimum Gasteiger partial charge on any atom is -0.497 e. The summed E-state index contributed by atoms with van der Waals surface area (Å²) < 4.78 is 10.6. The first-order valence-corrected chi connectivity index (χ1v) is 12.4. The summed E-state index contributed by atoms with van der Waals surface area (Å²) in [5.41, 5.74) is 3.94.